The van der Waals surface area contributed by atoms with Crippen LogP contribution in [0.15, 0.2) is 84.9 Å². The van der Waals surface area contributed by atoms with E-state index in [0.29, 0.717) is 0 Å². The van der Waals surface area contributed by atoms with E-state index in [1.807, 2.05) is 0 Å². The summed E-state index contributed by atoms with van der Waals surface area (Å²) >= 11 is 0. The van der Waals surface area contributed by atoms with Gasteiger partial charge in [-0.05, 0) is 147 Å². The standard InChI is InChI=1S/C46H44/c1-43(2,3)27-17-25-13-11-15-29-31-21-37-39(23-33(31)35(19-27)41(25)29)45(7,8)38-22-32-30-16-12-14-26-18-28(44(4,5)6)20-36(42(26)30)34(32)24-40(38)46(37,9)10/h11-24H,1-10H3. The first-order chi connectivity index (χ1) is 21.6. The van der Waals surface area contributed by atoms with Crippen molar-refractivity contribution in [1.82, 2.24) is 0 Å². The Kier molecular flexibility index (Phi) is 5.13. The average molecular weight is 597 g/mol. The van der Waals surface area contributed by atoms with Crippen LogP contribution in [0.25, 0.3) is 66.1 Å². The van der Waals surface area contributed by atoms with Crippen molar-refractivity contribution in [3.8, 4) is 44.5 Å². The summed E-state index contributed by atoms with van der Waals surface area (Å²) in [5, 5.41) is 5.54. The number of rotatable bonds is 0. The molecule has 6 aromatic rings. The lowest BCUT2D eigenvalue weighted by atomic mass is 9.59. The molecule has 0 unspecified atom stereocenters. The molecule has 0 saturated carbocycles. The zero-order valence-corrected chi connectivity index (χ0v) is 29.1. The van der Waals surface area contributed by atoms with E-state index in [4.69, 9.17) is 0 Å². The molecule has 0 atom stereocenters. The maximum absolute atomic E-state index is 2.58. The molecule has 46 heavy (non-hydrogen) atoms. The summed E-state index contributed by atoms with van der Waals surface area (Å²) in [7, 11) is 0. The van der Waals surface area contributed by atoms with Crippen molar-refractivity contribution in [2.75, 3.05) is 0 Å². The van der Waals surface area contributed by atoms with Crippen molar-refractivity contribution in [3.05, 3.63) is 118 Å². The Hall–Kier alpha value is -4.16. The lowest BCUT2D eigenvalue weighted by Crippen LogP contribution is -2.36. The van der Waals surface area contributed by atoms with Crippen LogP contribution in [0.4, 0.5) is 0 Å². The highest BCUT2D eigenvalue weighted by Crippen LogP contribution is 2.59. The lowest BCUT2D eigenvalue weighted by molar-refractivity contribution is 0.521. The minimum atomic E-state index is -0.140. The first-order valence-electron chi connectivity index (χ1n) is 17.1. The molecule has 0 heteroatoms. The summed E-state index contributed by atoms with van der Waals surface area (Å²) in [6.45, 7) is 23.8. The van der Waals surface area contributed by atoms with Gasteiger partial charge in [-0.15, -0.1) is 0 Å². The molecule has 228 valence electrons. The average Bonchev–Trinajstić information content (AvgIpc) is 3.48. The largest absolute Gasteiger partial charge is 0.0610 e. The fourth-order valence-electron chi connectivity index (χ4n) is 9.04. The van der Waals surface area contributed by atoms with E-state index >= 15 is 0 Å². The van der Waals surface area contributed by atoms with Gasteiger partial charge in [0.25, 0.3) is 0 Å². The Morgan fingerprint density at radius 1 is 0.370 bits per heavy atom. The van der Waals surface area contributed by atoms with E-state index in [1.165, 1.54) is 99.4 Å². The van der Waals surface area contributed by atoms with E-state index in [2.05, 4.69) is 154 Å². The maximum Gasteiger partial charge on any atom is 0.0153 e. The van der Waals surface area contributed by atoms with Gasteiger partial charge >= 0.3 is 0 Å². The maximum atomic E-state index is 2.58. The molecular formula is C46H44. The van der Waals surface area contributed by atoms with Crippen molar-refractivity contribution in [3.63, 3.8) is 0 Å². The van der Waals surface area contributed by atoms with Gasteiger partial charge in [-0.3, -0.25) is 0 Å². The lowest BCUT2D eigenvalue weighted by Gasteiger charge is -2.44. The third kappa shape index (κ3) is 3.46. The van der Waals surface area contributed by atoms with Crippen LogP contribution in [0.2, 0.25) is 0 Å². The molecule has 0 spiro atoms. The minimum Gasteiger partial charge on any atom is -0.0610 e. The van der Waals surface area contributed by atoms with Gasteiger partial charge in [-0.1, -0.05) is 118 Å². The molecule has 3 aliphatic rings. The molecule has 0 fully saturated rings. The normalized spacial score (nSPS) is 16.4. The number of benzene rings is 6. The molecule has 0 aromatic heterocycles. The summed E-state index contributed by atoms with van der Waals surface area (Å²) in [5.41, 5.74) is 19.7. The van der Waals surface area contributed by atoms with Gasteiger partial charge in [0.15, 0.2) is 0 Å². The van der Waals surface area contributed by atoms with Gasteiger partial charge in [-0.2, -0.15) is 0 Å². The van der Waals surface area contributed by atoms with E-state index in [1.54, 1.807) is 0 Å². The first kappa shape index (κ1) is 28.1. The van der Waals surface area contributed by atoms with E-state index in [9.17, 15) is 0 Å². The second kappa shape index (κ2) is 8.40. The SMILES string of the molecule is CC(C)(C)c1cc2c3c(cccc3c1)-c1cc3c(cc1-2)C(C)(C)c1cc2c(cc1C3(C)C)-c1cc(C(C)(C)C)cc3cccc-2c13. The first-order valence-corrected chi connectivity index (χ1v) is 17.1. The topological polar surface area (TPSA) is 0 Å². The zero-order valence-electron chi connectivity index (χ0n) is 29.1. The minimum absolute atomic E-state index is 0.0896. The van der Waals surface area contributed by atoms with Crippen LogP contribution in [0, 0.1) is 0 Å². The fraction of sp³-hybridized carbons (Fsp3) is 0.304. The van der Waals surface area contributed by atoms with Crippen LogP contribution >= 0.6 is 0 Å². The Balaban J connectivity index is 1.30. The Labute approximate surface area is 274 Å². The monoisotopic (exact) mass is 596 g/mol. The molecule has 9 rings (SSSR count). The van der Waals surface area contributed by atoms with Crippen LogP contribution in [0.5, 0.6) is 0 Å². The van der Waals surface area contributed by atoms with Gasteiger partial charge < -0.3 is 0 Å². The summed E-state index contributed by atoms with van der Waals surface area (Å²) in [6, 6.07) is 33.9. The van der Waals surface area contributed by atoms with Crippen molar-refractivity contribution in [2.45, 2.75) is 90.9 Å². The Morgan fingerprint density at radius 3 is 1.02 bits per heavy atom. The highest BCUT2D eigenvalue weighted by molar-refractivity contribution is 6.17. The van der Waals surface area contributed by atoms with Crippen LogP contribution in [0.3, 0.4) is 0 Å². The fourth-order valence-corrected chi connectivity index (χ4v) is 9.04. The van der Waals surface area contributed by atoms with E-state index < -0.39 is 0 Å². The molecule has 0 nitrogen and oxygen atoms in total. The van der Waals surface area contributed by atoms with Gasteiger partial charge in [0.05, 0.1) is 0 Å². The van der Waals surface area contributed by atoms with Crippen molar-refractivity contribution in [2.24, 2.45) is 0 Å². The molecule has 0 heterocycles. The van der Waals surface area contributed by atoms with E-state index in [-0.39, 0.29) is 21.7 Å². The molecule has 0 saturated heterocycles. The van der Waals surface area contributed by atoms with Gasteiger partial charge in [0.2, 0.25) is 0 Å². The molecule has 0 amide bonds. The zero-order chi connectivity index (χ0) is 32.3. The third-order valence-electron chi connectivity index (χ3n) is 11.9. The molecule has 0 bridgehead atoms. The second-order valence-electron chi connectivity index (χ2n) is 17.5. The Morgan fingerprint density at radius 2 is 0.696 bits per heavy atom. The van der Waals surface area contributed by atoms with Gasteiger partial charge in [0.1, 0.15) is 0 Å². The van der Waals surface area contributed by atoms with Gasteiger partial charge in [0, 0.05) is 10.8 Å². The molecule has 6 aromatic carbocycles. The summed E-state index contributed by atoms with van der Waals surface area (Å²) < 4.78 is 0. The molecule has 0 radical (unpaired) electrons. The number of hydrogen-bond acceptors (Lipinski definition) is 0. The van der Waals surface area contributed by atoms with Crippen LogP contribution in [-0.2, 0) is 21.7 Å². The third-order valence-corrected chi connectivity index (χ3v) is 11.9. The molecule has 0 N–H and O–H groups in total. The summed E-state index contributed by atoms with van der Waals surface area (Å²) in [6.07, 6.45) is 0. The quantitative estimate of drug-likeness (QED) is 0.163. The number of hydrogen-bond donors (Lipinski definition) is 0. The molecule has 3 aliphatic carbocycles. The van der Waals surface area contributed by atoms with Crippen LogP contribution in [0.1, 0.15) is 103 Å². The van der Waals surface area contributed by atoms with Crippen molar-refractivity contribution >= 4 is 21.5 Å². The highest BCUT2D eigenvalue weighted by Gasteiger charge is 2.44. The smallest absolute Gasteiger partial charge is 0.0153 e. The van der Waals surface area contributed by atoms with Crippen molar-refractivity contribution in [1.29, 1.82) is 0 Å². The summed E-state index contributed by atoms with van der Waals surface area (Å²) in [4.78, 5) is 0. The summed E-state index contributed by atoms with van der Waals surface area (Å²) in [5.74, 6) is 0. The van der Waals surface area contributed by atoms with Crippen molar-refractivity contribution < 1.29 is 0 Å². The predicted molar refractivity (Wildman–Crippen MR) is 198 cm³/mol. The molecular weight excluding hydrogens is 553 g/mol. The highest BCUT2D eigenvalue weighted by atomic mass is 14.5. The molecule has 0 aliphatic heterocycles. The van der Waals surface area contributed by atoms with Crippen LogP contribution in [-0.4, -0.2) is 0 Å². The van der Waals surface area contributed by atoms with Gasteiger partial charge in [-0.25, -0.2) is 0 Å². The van der Waals surface area contributed by atoms with Crippen LogP contribution < -0.4 is 0 Å². The number of fused-ring (bicyclic) bond motifs is 8. The van der Waals surface area contributed by atoms with E-state index in [0.717, 1.165) is 0 Å². The Bertz CT molecular complexity index is 2190. The second-order valence-corrected chi connectivity index (χ2v) is 17.5. The predicted octanol–water partition coefficient (Wildman–Crippen LogP) is 12.8.